The number of nitro benzene ring substituents is 1. The number of nitro groups is 1. The number of aryl methyl sites for hydroxylation is 1. The summed E-state index contributed by atoms with van der Waals surface area (Å²) in [7, 11) is 0. The van der Waals surface area contributed by atoms with Crippen LogP contribution >= 0.6 is 0 Å². The minimum absolute atomic E-state index is 0.0363. The smallest absolute Gasteiger partial charge is 0.293 e. The van der Waals surface area contributed by atoms with Crippen LogP contribution in [0.25, 0.3) is 22.8 Å². The maximum atomic E-state index is 11.5. The van der Waals surface area contributed by atoms with Crippen molar-refractivity contribution in [3.63, 3.8) is 0 Å². The Bertz CT molecular complexity index is 995. The van der Waals surface area contributed by atoms with E-state index in [0.29, 0.717) is 23.6 Å². The first-order chi connectivity index (χ1) is 13.6. The number of rotatable bonds is 6. The van der Waals surface area contributed by atoms with Gasteiger partial charge in [-0.15, -0.1) is 0 Å². The molecule has 0 aliphatic carbocycles. The molecule has 1 fully saturated rings. The zero-order valence-corrected chi connectivity index (χ0v) is 15.4. The summed E-state index contributed by atoms with van der Waals surface area (Å²) in [5.41, 5.74) is 2.83. The molecule has 0 unspecified atom stereocenters. The van der Waals surface area contributed by atoms with Gasteiger partial charge in [0.2, 0.25) is 5.82 Å². The minimum atomic E-state index is -0.417. The standard InChI is InChI=1S/C20H20N4O4/c1-13-4-2-5-14(10-13)19-22-20(28-23-19)15-7-8-17(18(11-15)24(25)26)21-12-16-6-3-9-27-16/h2,4-5,7-8,10-11,16,21H,3,6,9,12H2,1H3/t16-/m0/s1. The third kappa shape index (κ3) is 3.86. The van der Waals surface area contributed by atoms with Crippen molar-refractivity contribution in [1.29, 1.82) is 0 Å². The maximum absolute atomic E-state index is 11.5. The number of nitrogens with zero attached hydrogens (tertiary/aromatic N) is 3. The van der Waals surface area contributed by atoms with Crippen molar-refractivity contribution < 1.29 is 14.2 Å². The molecule has 28 heavy (non-hydrogen) atoms. The van der Waals surface area contributed by atoms with Gasteiger partial charge in [-0.2, -0.15) is 4.98 Å². The predicted molar refractivity (Wildman–Crippen MR) is 104 cm³/mol. The molecular weight excluding hydrogens is 360 g/mol. The number of benzene rings is 2. The van der Waals surface area contributed by atoms with Gasteiger partial charge in [0.15, 0.2) is 0 Å². The van der Waals surface area contributed by atoms with Crippen LogP contribution in [-0.4, -0.2) is 34.3 Å². The number of anilines is 1. The summed E-state index contributed by atoms with van der Waals surface area (Å²) >= 11 is 0. The number of hydrogen-bond donors (Lipinski definition) is 1. The molecule has 8 nitrogen and oxygen atoms in total. The zero-order valence-electron chi connectivity index (χ0n) is 15.4. The topological polar surface area (TPSA) is 103 Å². The molecule has 0 saturated carbocycles. The highest BCUT2D eigenvalue weighted by atomic mass is 16.6. The molecule has 0 radical (unpaired) electrons. The van der Waals surface area contributed by atoms with E-state index >= 15 is 0 Å². The fraction of sp³-hybridized carbons (Fsp3) is 0.300. The second-order valence-electron chi connectivity index (χ2n) is 6.80. The van der Waals surface area contributed by atoms with Crippen LogP contribution in [0.1, 0.15) is 18.4 Å². The Balaban J connectivity index is 1.58. The molecule has 2 aromatic carbocycles. The second-order valence-corrected chi connectivity index (χ2v) is 6.80. The molecule has 2 heterocycles. The SMILES string of the molecule is Cc1cccc(-c2noc(-c3ccc(NC[C@@H]4CCCO4)c([N+](=O)[O-])c3)n2)c1. The van der Waals surface area contributed by atoms with Gasteiger partial charge in [0.1, 0.15) is 5.69 Å². The Morgan fingerprint density at radius 1 is 1.25 bits per heavy atom. The van der Waals surface area contributed by atoms with E-state index in [2.05, 4.69) is 15.5 Å². The van der Waals surface area contributed by atoms with Crippen LogP contribution in [0.15, 0.2) is 47.0 Å². The lowest BCUT2D eigenvalue weighted by Gasteiger charge is -2.12. The first-order valence-corrected chi connectivity index (χ1v) is 9.15. The van der Waals surface area contributed by atoms with Crippen molar-refractivity contribution in [2.45, 2.75) is 25.9 Å². The van der Waals surface area contributed by atoms with E-state index in [1.807, 2.05) is 31.2 Å². The summed E-state index contributed by atoms with van der Waals surface area (Å²) in [6.45, 7) is 3.27. The van der Waals surface area contributed by atoms with Gasteiger partial charge in [-0.05, 0) is 38.0 Å². The van der Waals surface area contributed by atoms with Gasteiger partial charge in [0.25, 0.3) is 11.6 Å². The maximum Gasteiger partial charge on any atom is 0.293 e. The van der Waals surface area contributed by atoms with E-state index in [-0.39, 0.29) is 17.7 Å². The summed E-state index contributed by atoms with van der Waals surface area (Å²) in [5.74, 6) is 0.687. The van der Waals surface area contributed by atoms with Gasteiger partial charge < -0.3 is 14.6 Å². The molecular formula is C20H20N4O4. The summed E-state index contributed by atoms with van der Waals surface area (Å²) < 4.78 is 10.9. The lowest BCUT2D eigenvalue weighted by Crippen LogP contribution is -2.18. The zero-order chi connectivity index (χ0) is 19.5. The van der Waals surface area contributed by atoms with E-state index in [9.17, 15) is 10.1 Å². The molecule has 4 rings (SSSR count). The molecule has 1 aromatic heterocycles. The van der Waals surface area contributed by atoms with E-state index in [1.54, 1.807) is 12.1 Å². The van der Waals surface area contributed by atoms with Gasteiger partial charge in [0, 0.05) is 30.3 Å². The molecule has 0 spiro atoms. The Morgan fingerprint density at radius 3 is 2.89 bits per heavy atom. The molecule has 0 bridgehead atoms. The Labute approximate surface area is 161 Å². The fourth-order valence-corrected chi connectivity index (χ4v) is 3.24. The van der Waals surface area contributed by atoms with Crippen LogP contribution < -0.4 is 5.32 Å². The molecule has 1 aliphatic rings. The highest BCUT2D eigenvalue weighted by Crippen LogP contribution is 2.31. The third-order valence-corrected chi connectivity index (χ3v) is 4.69. The molecule has 1 N–H and O–H groups in total. The number of nitrogens with one attached hydrogen (secondary N) is 1. The fourth-order valence-electron chi connectivity index (χ4n) is 3.24. The van der Waals surface area contributed by atoms with Crippen molar-refractivity contribution in [3.05, 3.63) is 58.1 Å². The minimum Gasteiger partial charge on any atom is -0.377 e. The first-order valence-electron chi connectivity index (χ1n) is 9.15. The van der Waals surface area contributed by atoms with E-state index in [4.69, 9.17) is 9.26 Å². The van der Waals surface area contributed by atoms with Crippen LogP contribution in [-0.2, 0) is 4.74 Å². The average molecular weight is 380 g/mol. The lowest BCUT2D eigenvalue weighted by atomic mass is 10.1. The molecule has 1 aliphatic heterocycles. The van der Waals surface area contributed by atoms with E-state index in [0.717, 1.165) is 30.6 Å². The Morgan fingerprint density at radius 2 is 2.14 bits per heavy atom. The third-order valence-electron chi connectivity index (χ3n) is 4.69. The predicted octanol–water partition coefficient (Wildman–Crippen LogP) is 4.21. The number of aromatic nitrogens is 2. The monoisotopic (exact) mass is 380 g/mol. The van der Waals surface area contributed by atoms with Gasteiger partial charge in [-0.3, -0.25) is 10.1 Å². The highest BCUT2D eigenvalue weighted by molar-refractivity contribution is 5.70. The van der Waals surface area contributed by atoms with Crippen molar-refractivity contribution in [1.82, 2.24) is 10.1 Å². The van der Waals surface area contributed by atoms with Crippen molar-refractivity contribution in [2.75, 3.05) is 18.5 Å². The van der Waals surface area contributed by atoms with Crippen LogP contribution in [0.5, 0.6) is 0 Å². The second kappa shape index (κ2) is 7.77. The van der Waals surface area contributed by atoms with E-state index < -0.39 is 4.92 Å². The largest absolute Gasteiger partial charge is 0.377 e. The van der Waals surface area contributed by atoms with Gasteiger partial charge in [-0.25, -0.2) is 0 Å². The normalized spacial score (nSPS) is 16.2. The molecule has 1 saturated heterocycles. The summed E-state index contributed by atoms with van der Waals surface area (Å²) in [6.07, 6.45) is 2.07. The lowest BCUT2D eigenvalue weighted by molar-refractivity contribution is -0.383. The molecule has 144 valence electrons. The average Bonchev–Trinajstić information content (AvgIpc) is 3.38. The molecule has 8 heteroatoms. The molecule has 0 amide bonds. The Hall–Kier alpha value is -3.26. The number of ether oxygens (including phenoxy) is 1. The Kier molecular flexibility index (Phi) is 5.03. The number of hydrogen-bond acceptors (Lipinski definition) is 7. The summed E-state index contributed by atoms with van der Waals surface area (Å²) in [5, 5.41) is 18.7. The summed E-state index contributed by atoms with van der Waals surface area (Å²) in [6, 6.07) is 12.6. The first kappa shape index (κ1) is 18.1. The van der Waals surface area contributed by atoms with Crippen molar-refractivity contribution in [3.8, 4) is 22.8 Å². The van der Waals surface area contributed by atoms with Crippen molar-refractivity contribution in [2.24, 2.45) is 0 Å². The van der Waals surface area contributed by atoms with Gasteiger partial charge in [0.05, 0.1) is 11.0 Å². The van der Waals surface area contributed by atoms with Gasteiger partial charge >= 0.3 is 0 Å². The molecule has 1 atom stereocenters. The van der Waals surface area contributed by atoms with Crippen LogP contribution in [0, 0.1) is 17.0 Å². The van der Waals surface area contributed by atoms with Gasteiger partial charge in [-0.1, -0.05) is 28.9 Å². The van der Waals surface area contributed by atoms with Crippen LogP contribution in [0.2, 0.25) is 0 Å². The quantitative estimate of drug-likeness (QED) is 0.504. The van der Waals surface area contributed by atoms with Crippen molar-refractivity contribution >= 4 is 11.4 Å². The van der Waals surface area contributed by atoms with Crippen LogP contribution in [0.4, 0.5) is 11.4 Å². The highest BCUT2D eigenvalue weighted by Gasteiger charge is 2.21. The summed E-state index contributed by atoms with van der Waals surface area (Å²) in [4.78, 5) is 15.5. The van der Waals surface area contributed by atoms with E-state index in [1.165, 1.54) is 6.07 Å². The van der Waals surface area contributed by atoms with Crippen LogP contribution in [0.3, 0.4) is 0 Å². The molecule has 3 aromatic rings.